The van der Waals surface area contributed by atoms with E-state index >= 15 is 0 Å². The molecule has 0 fully saturated rings. The van der Waals surface area contributed by atoms with E-state index in [0.29, 0.717) is 5.56 Å². The second kappa shape index (κ2) is 6.19. The number of hydrogen-bond acceptors (Lipinski definition) is 3. The van der Waals surface area contributed by atoms with Crippen LogP contribution in [0.25, 0.3) is 0 Å². The maximum absolute atomic E-state index is 12.4. The van der Waals surface area contributed by atoms with Gasteiger partial charge in [-0.2, -0.15) is 0 Å². The molecule has 1 aromatic carbocycles. The number of nitrogens with zero attached hydrogens (tertiary/aromatic N) is 1. The van der Waals surface area contributed by atoms with Crippen molar-refractivity contribution < 1.29 is 4.79 Å². The van der Waals surface area contributed by atoms with Crippen molar-refractivity contribution in [2.24, 2.45) is 0 Å². The third-order valence-corrected chi connectivity index (χ3v) is 2.88. The fraction of sp³-hybridized carbons (Fsp3) is 0.250. The Morgan fingerprint density at radius 2 is 1.90 bits per heavy atom. The largest absolute Gasteiger partial charge is 0.382 e. The molecular weight excluding hydrogens is 250 g/mol. The zero-order valence-electron chi connectivity index (χ0n) is 12.0. The molecule has 0 unspecified atom stereocenters. The summed E-state index contributed by atoms with van der Waals surface area (Å²) in [4.78, 5) is 16.4. The second-order valence-corrected chi connectivity index (χ2v) is 4.99. The molecule has 2 rings (SSSR count). The highest BCUT2D eigenvalue weighted by molar-refractivity contribution is 6.08. The number of para-hydroxylation sites is 1. The van der Waals surface area contributed by atoms with Crippen molar-refractivity contribution in [1.82, 2.24) is 4.98 Å². The van der Waals surface area contributed by atoms with E-state index < -0.39 is 0 Å². The van der Waals surface area contributed by atoms with E-state index in [-0.39, 0.29) is 11.9 Å². The first-order valence-electron chi connectivity index (χ1n) is 6.65. The highest BCUT2D eigenvalue weighted by Gasteiger charge is 2.12. The standard InChI is InChI=1S/C16H19N3O/c1-11(2)18-15-7-5-4-6-13(15)16(20)19-14-8-9-17-10-12(14)3/h4-11,18H,1-3H3,(H,17,19,20). The average Bonchev–Trinajstić information content (AvgIpc) is 2.41. The monoisotopic (exact) mass is 269 g/mol. The molecule has 0 bridgehead atoms. The fourth-order valence-corrected chi connectivity index (χ4v) is 1.92. The zero-order chi connectivity index (χ0) is 14.5. The molecule has 4 heteroatoms. The number of rotatable bonds is 4. The van der Waals surface area contributed by atoms with Crippen molar-refractivity contribution in [2.45, 2.75) is 26.8 Å². The van der Waals surface area contributed by atoms with Gasteiger partial charge >= 0.3 is 0 Å². The van der Waals surface area contributed by atoms with Gasteiger partial charge in [-0.15, -0.1) is 0 Å². The van der Waals surface area contributed by atoms with Crippen LogP contribution in [0.4, 0.5) is 11.4 Å². The van der Waals surface area contributed by atoms with Crippen molar-refractivity contribution >= 4 is 17.3 Å². The Hall–Kier alpha value is -2.36. The molecule has 1 aromatic heterocycles. The summed E-state index contributed by atoms with van der Waals surface area (Å²) >= 11 is 0. The van der Waals surface area contributed by atoms with Crippen molar-refractivity contribution in [1.29, 1.82) is 0 Å². The lowest BCUT2D eigenvalue weighted by Gasteiger charge is -2.15. The van der Waals surface area contributed by atoms with E-state index in [1.54, 1.807) is 18.5 Å². The molecule has 104 valence electrons. The van der Waals surface area contributed by atoms with E-state index in [9.17, 15) is 4.79 Å². The van der Waals surface area contributed by atoms with Crippen LogP contribution in [0.5, 0.6) is 0 Å². The van der Waals surface area contributed by atoms with Crippen molar-refractivity contribution in [2.75, 3.05) is 10.6 Å². The lowest BCUT2D eigenvalue weighted by Crippen LogP contribution is -2.18. The van der Waals surface area contributed by atoms with Crippen molar-refractivity contribution in [3.63, 3.8) is 0 Å². The number of pyridine rings is 1. The second-order valence-electron chi connectivity index (χ2n) is 4.99. The van der Waals surface area contributed by atoms with Gasteiger partial charge in [0.05, 0.1) is 5.56 Å². The molecule has 2 N–H and O–H groups in total. The van der Waals surface area contributed by atoms with Gasteiger partial charge in [0.25, 0.3) is 5.91 Å². The molecule has 1 heterocycles. The molecule has 0 aliphatic rings. The minimum absolute atomic E-state index is 0.122. The Balaban J connectivity index is 2.23. The third-order valence-electron chi connectivity index (χ3n) is 2.88. The Morgan fingerprint density at radius 3 is 2.60 bits per heavy atom. The maximum atomic E-state index is 12.4. The number of anilines is 2. The lowest BCUT2D eigenvalue weighted by molar-refractivity contribution is 0.102. The molecule has 1 amide bonds. The summed E-state index contributed by atoms with van der Waals surface area (Å²) in [7, 11) is 0. The van der Waals surface area contributed by atoms with E-state index in [1.807, 2.05) is 45.0 Å². The van der Waals surface area contributed by atoms with Gasteiger partial charge in [0.15, 0.2) is 0 Å². The molecule has 0 saturated heterocycles. The summed E-state index contributed by atoms with van der Waals surface area (Å²) in [5.41, 5.74) is 3.20. The average molecular weight is 269 g/mol. The van der Waals surface area contributed by atoms with Crippen LogP contribution in [0.2, 0.25) is 0 Å². The normalized spacial score (nSPS) is 10.4. The molecule has 0 spiro atoms. The van der Waals surface area contributed by atoms with E-state index in [2.05, 4.69) is 15.6 Å². The highest BCUT2D eigenvalue weighted by Crippen LogP contribution is 2.19. The van der Waals surface area contributed by atoms with Crippen LogP contribution in [-0.2, 0) is 0 Å². The molecule has 4 nitrogen and oxygen atoms in total. The SMILES string of the molecule is Cc1cnccc1NC(=O)c1ccccc1NC(C)C. The van der Waals surface area contributed by atoms with Crippen LogP contribution < -0.4 is 10.6 Å². The Labute approximate surface area is 119 Å². The van der Waals surface area contributed by atoms with Crippen LogP contribution >= 0.6 is 0 Å². The number of carbonyl (C=O) groups excluding carboxylic acids is 1. The van der Waals surface area contributed by atoms with Gasteiger partial charge in [0.1, 0.15) is 0 Å². The molecule has 0 saturated carbocycles. The first-order chi connectivity index (χ1) is 9.58. The number of carbonyl (C=O) groups is 1. The molecule has 0 aliphatic heterocycles. The predicted molar refractivity (Wildman–Crippen MR) is 82.1 cm³/mol. The van der Waals surface area contributed by atoms with Crippen LogP contribution in [0.15, 0.2) is 42.7 Å². The van der Waals surface area contributed by atoms with Gasteiger partial charge in [-0.05, 0) is 44.5 Å². The third kappa shape index (κ3) is 3.35. The number of amides is 1. The van der Waals surface area contributed by atoms with Gasteiger partial charge in [-0.25, -0.2) is 0 Å². The van der Waals surface area contributed by atoms with E-state index in [1.165, 1.54) is 0 Å². The van der Waals surface area contributed by atoms with Crippen LogP contribution in [0.1, 0.15) is 29.8 Å². The summed E-state index contributed by atoms with van der Waals surface area (Å²) < 4.78 is 0. The first kappa shape index (κ1) is 14.1. The summed E-state index contributed by atoms with van der Waals surface area (Å²) in [6.07, 6.45) is 3.40. The topological polar surface area (TPSA) is 54.0 Å². The van der Waals surface area contributed by atoms with Gasteiger partial charge in [0, 0.05) is 29.8 Å². The Kier molecular flexibility index (Phi) is 4.35. The number of aromatic nitrogens is 1. The van der Waals surface area contributed by atoms with Gasteiger partial charge in [-0.1, -0.05) is 12.1 Å². The van der Waals surface area contributed by atoms with Gasteiger partial charge < -0.3 is 10.6 Å². The quantitative estimate of drug-likeness (QED) is 0.893. The molecule has 0 radical (unpaired) electrons. The number of benzene rings is 1. The van der Waals surface area contributed by atoms with Crippen LogP contribution in [-0.4, -0.2) is 16.9 Å². The molecular formula is C16H19N3O. The van der Waals surface area contributed by atoms with Gasteiger partial charge in [0.2, 0.25) is 0 Å². The maximum Gasteiger partial charge on any atom is 0.257 e. The zero-order valence-corrected chi connectivity index (χ0v) is 12.0. The number of hydrogen-bond donors (Lipinski definition) is 2. The summed E-state index contributed by atoms with van der Waals surface area (Å²) in [6, 6.07) is 9.57. The summed E-state index contributed by atoms with van der Waals surface area (Å²) in [5.74, 6) is -0.122. The lowest BCUT2D eigenvalue weighted by atomic mass is 10.1. The van der Waals surface area contributed by atoms with Crippen molar-refractivity contribution in [3.8, 4) is 0 Å². The minimum atomic E-state index is -0.122. The van der Waals surface area contributed by atoms with Crippen LogP contribution in [0, 0.1) is 6.92 Å². The Bertz CT molecular complexity index is 608. The summed E-state index contributed by atoms with van der Waals surface area (Å²) in [6.45, 7) is 6.00. The Morgan fingerprint density at radius 1 is 1.15 bits per heavy atom. The van der Waals surface area contributed by atoms with Crippen LogP contribution in [0.3, 0.4) is 0 Å². The smallest absolute Gasteiger partial charge is 0.257 e. The van der Waals surface area contributed by atoms with E-state index in [4.69, 9.17) is 0 Å². The minimum Gasteiger partial charge on any atom is -0.382 e. The number of aryl methyl sites for hydroxylation is 1. The fourth-order valence-electron chi connectivity index (χ4n) is 1.92. The summed E-state index contributed by atoms with van der Waals surface area (Å²) in [5, 5.41) is 6.20. The molecule has 20 heavy (non-hydrogen) atoms. The first-order valence-corrected chi connectivity index (χ1v) is 6.65. The van der Waals surface area contributed by atoms with Gasteiger partial charge in [-0.3, -0.25) is 9.78 Å². The molecule has 0 aliphatic carbocycles. The number of nitrogens with one attached hydrogen (secondary N) is 2. The predicted octanol–water partition coefficient (Wildman–Crippen LogP) is 3.46. The van der Waals surface area contributed by atoms with E-state index in [0.717, 1.165) is 16.9 Å². The van der Waals surface area contributed by atoms with Crippen molar-refractivity contribution in [3.05, 3.63) is 53.9 Å². The molecule has 2 aromatic rings. The molecule has 0 atom stereocenters. The highest BCUT2D eigenvalue weighted by atomic mass is 16.1.